The number of thioether (sulfide) groups is 1. The zero-order valence-corrected chi connectivity index (χ0v) is 19.4. The number of carbonyl (C=O) groups excluding carboxylic acids is 1. The lowest BCUT2D eigenvalue weighted by atomic mass is 10.1. The van der Waals surface area contributed by atoms with Crippen LogP contribution >= 0.6 is 11.8 Å². The van der Waals surface area contributed by atoms with E-state index in [0.717, 1.165) is 28.2 Å². The molecule has 0 saturated heterocycles. The number of ether oxygens (including phenoxy) is 1. The van der Waals surface area contributed by atoms with Gasteiger partial charge in [-0.25, -0.2) is 0 Å². The molecule has 2 aromatic heterocycles. The van der Waals surface area contributed by atoms with Gasteiger partial charge < -0.3 is 18.5 Å². The maximum atomic E-state index is 13.0. The van der Waals surface area contributed by atoms with Crippen LogP contribution in [0.1, 0.15) is 28.3 Å². The van der Waals surface area contributed by atoms with E-state index in [1.54, 1.807) is 11.2 Å². The van der Waals surface area contributed by atoms with Crippen molar-refractivity contribution in [1.29, 1.82) is 0 Å². The van der Waals surface area contributed by atoms with Crippen LogP contribution in [0.2, 0.25) is 0 Å². The first-order chi connectivity index (χ1) is 16.1. The molecule has 0 bridgehead atoms. The van der Waals surface area contributed by atoms with Crippen LogP contribution in [0.4, 0.5) is 0 Å². The summed E-state index contributed by atoms with van der Waals surface area (Å²) < 4.78 is 16.9. The molecular formula is C25H25N3O4S. The Balaban J connectivity index is 1.34. The van der Waals surface area contributed by atoms with Gasteiger partial charge in [0.2, 0.25) is 5.91 Å². The summed E-state index contributed by atoms with van der Waals surface area (Å²) in [6, 6.07) is 19.6. The van der Waals surface area contributed by atoms with E-state index < -0.39 is 0 Å². The van der Waals surface area contributed by atoms with Crippen LogP contribution in [0.15, 0.2) is 81.0 Å². The van der Waals surface area contributed by atoms with E-state index in [9.17, 15) is 4.79 Å². The first-order valence-electron chi connectivity index (χ1n) is 10.6. The molecule has 4 rings (SSSR count). The van der Waals surface area contributed by atoms with Crippen molar-refractivity contribution in [2.45, 2.75) is 38.8 Å². The minimum Gasteiger partial charge on any atom is -0.484 e. The number of rotatable bonds is 10. The van der Waals surface area contributed by atoms with E-state index in [1.807, 2.05) is 74.5 Å². The Labute approximate surface area is 196 Å². The number of furan rings is 1. The smallest absolute Gasteiger partial charge is 0.277 e. The van der Waals surface area contributed by atoms with E-state index in [2.05, 4.69) is 10.2 Å². The summed E-state index contributed by atoms with van der Waals surface area (Å²) in [6.07, 6.45) is 1.61. The van der Waals surface area contributed by atoms with Crippen molar-refractivity contribution in [3.05, 3.63) is 95.3 Å². The van der Waals surface area contributed by atoms with E-state index in [-0.39, 0.29) is 18.3 Å². The molecule has 0 aliphatic carbocycles. The fourth-order valence-corrected chi connectivity index (χ4v) is 3.88. The second-order valence-corrected chi connectivity index (χ2v) is 8.55. The van der Waals surface area contributed by atoms with E-state index in [0.29, 0.717) is 24.2 Å². The van der Waals surface area contributed by atoms with Gasteiger partial charge in [-0.2, -0.15) is 0 Å². The molecule has 170 valence electrons. The largest absolute Gasteiger partial charge is 0.484 e. The van der Waals surface area contributed by atoms with E-state index in [1.165, 1.54) is 11.8 Å². The van der Waals surface area contributed by atoms with Crippen LogP contribution in [-0.4, -0.2) is 26.8 Å². The van der Waals surface area contributed by atoms with Gasteiger partial charge >= 0.3 is 0 Å². The number of benzene rings is 2. The number of amides is 1. The number of nitrogens with zero attached hydrogens (tertiary/aromatic N) is 3. The third-order valence-corrected chi connectivity index (χ3v) is 5.76. The highest BCUT2D eigenvalue weighted by Gasteiger charge is 2.18. The maximum Gasteiger partial charge on any atom is 0.277 e. The average molecular weight is 464 g/mol. The van der Waals surface area contributed by atoms with Gasteiger partial charge in [0, 0.05) is 6.54 Å². The standard InChI is InChI=1S/C25H25N3O4S/c1-18-10-11-19(2)22(13-18)31-16-23-26-27-25(32-23)33-17-24(29)28(15-21-9-6-12-30-21)14-20-7-4-3-5-8-20/h3-13H,14-17H2,1-2H3. The predicted octanol–water partition coefficient (Wildman–Crippen LogP) is 5.18. The Morgan fingerprint density at radius 3 is 2.67 bits per heavy atom. The predicted molar refractivity (Wildman–Crippen MR) is 125 cm³/mol. The van der Waals surface area contributed by atoms with Crippen LogP contribution in [0.5, 0.6) is 5.75 Å². The second kappa shape index (κ2) is 10.9. The Morgan fingerprint density at radius 2 is 1.88 bits per heavy atom. The van der Waals surface area contributed by atoms with Crippen LogP contribution in [-0.2, 0) is 24.5 Å². The minimum atomic E-state index is -0.0494. The molecule has 0 saturated carbocycles. The fourth-order valence-electron chi connectivity index (χ4n) is 3.20. The van der Waals surface area contributed by atoms with Crippen molar-refractivity contribution in [3.8, 4) is 5.75 Å². The van der Waals surface area contributed by atoms with Gasteiger partial charge in [0.05, 0.1) is 18.6 Å². The van der Waals surface area contributed by atoms with Crippen LogP contribution in [0.25, 0.3) is 0 Å². The molecule has 0 aliphatic heterocycles. The van der Waals surface area contributed by atoms with Crippen LogP contribution < -0.4 is 4.74 Å². The SMILES string of the molecule is Cc1ccc(C)c(OCc2nnc(SCC(=O)N(Cc3ccccc3)Cc3ccco3)o2)c1. The maximum absolute atomic E-state index is 13.0. The topological polar surface area (TPSA) is 81.6 Å². The van der Waals surface area contributed by atoms with Crippen molar-refractivity contribution < 1.29 is 18.4 Å². The van der Waals surface area contributed by atoms with Gasteiger partial charge in [-0.05, 0) is 48.7 Å². The molecule has 33 heavy (non-hydrogen) atoms. The Bertz CT molecular complexity index is 1180. The number of aryl methyl sites for hydroxylation is 2. The third-order valence-electron chi connectivity index (χ3n) is 4.96. The summed E-state index contributed by atoms with van der Waals surface area (Å²) in [5.74, 6) is 2.00. The zero-order valence-electron chi connectivity index (χ0n) is 18.6. The summed E-state index contributed by atoms with van der Waals surface area (Å²) in [5, 5.41) is 8.40. The Hall–Kier alpha value is -3.52. The van der Waals surface area contributed by atoms with Crippen molar-refractivity contribution in [2.24, 2.45) is 0 Å². The van der Waals surface area contributed by atoms with Crippen molar-refractivity contribution >= 4 is 17.7 Å². The van der Waals surface area contributed by atoms with Gasteiger partial charge in [-0.3, -0.25) is 4.79 Å². The van der Waals surface area contributed by atoms with Gasteiger partial charge in [-0.1, -0.05) is 54.2 Å². The molecule has 0 atom stereocenters. The molecule has 8 heteroatoms. The van der Waals surface area contributed by atoms with E-state index >= 15 is 0 Å². The number of hydrogen-bond acceptors (Lipinski definition) is 7. The molecular weight excluding hydrogens is 438 g/mol. The molecule has 0 radical (unpaired) electrons. The highest BCUT2D eigenvalue weighted by Crippen LogP contribution is 2.22. The van der Waals surface area contributed by atoms with Gasteiger partial charge in [0.15, 0.2) is 6.61 Å². The number of carbonyl (C=O) groups is 1. The normalized spacial score (nSPS) is 10.8. The fraction of sp³-hybridized carbons (Fsp3) is 0.240. The quantitative estimate of drug-likeness (QED) is 0.300. The van der Waals surface area contributed by atoms with Crippen LogP contribution in [0.3, 0.4) is 0 Å². The van der Waals surface area contributed by atoms with Crippen molar-refractivity contribution in [3.63, 3.8) is 0 Å². The Morgan fingerprint density at radius 1 is 1.03 bits per heavy atom. The molecule has 0 N–H and O–H groups in total. The first-order valence-corrected chi connectivity index (χ1v) is 11.5. The molecule has 0 unspecified atom stereocenters. The summed E-state index contributed by atoms with van der Waals surface area (Å²) >= 11 is 1.21. The lowest BCUT2D eigenvalue weighted by Crippen LogP contribution is -2.31. The molecule has 0 spiro atoms. The van der Waals surface area contributed by atoms with Gasteiger partial charge in [-0.15, -0.1) is 10.2 Å². The molecule has 4 aromatic rings. The molecule has 7 nitrogen and oxygen atoms in total. The first kappa shape index (κ1) is 22.7. The van der Waals surface area contributed by atoms with E-state index in [4.69, 9.17) is 13.6 Å². The van der Waals surface area contributed by atoms with Gasteiger partial charge in [0.25, 0.3) is 11.1 Å². The summed E-state index contributed by atoms with van der Waals surface area (Å²) in [7, 11) is 0. The molecule has 1 amide bonds. The number of hydrogen-bond donors (Lipinski definition) is 0. The van der Waals surface area contributed by atoms with Crippen molar-refractivity contribution in [2.75, 3.05) is 5.75 Å². The summed E-state index contributed by atoms with van der Waals surface area (Å²) in [4.78, 5) is 14.7. The summed E-state index contributed by atoms with van der Waals surface area (Å²) in [5.41, 5.74) is 3.20. The lowest BCUT2D eigenvalue weighted by Gasteiger charge is -2.21. The molecule has 0 aliphatic rings. The lowest BCUT2D eigenvalue weighted by molar-refractivity contribution is -0.129. The molecule has 2 heterocycles. The van der Waals surface area contributed by atoms with Gasteiger partial charge in [0.1, 0.15) is 11.5 Å². The average Bonchev–Trinajstić information content (AvgIpc) is 3.50. The second-order valence-electron chi connectivity index (χ2n) is 7.62. The monoisotopic (exact) mass is 463 g/mol. The molecule has 0 fully saturated rings. The van der Waals surface area contributed by atoms with Crippen molar-refractivity contribution in [1.82, 2.24) is 15.1 Å². The molecule has 2 aromatic carbocycles. The third kappa shape index (κ3) is 6.49. The minimum absolute atomic E-state index is 0.0494. The number of aromatic nitrogens is 2. The van der Waals surface area contributed by atoms with Crippen LogP contribution in [0, 0.1) is 13.8 Å². The highest BCUT2D eigenvalue weighted by atomic mass is 32.2. The zero-order chi connectivity index (χ0) is 23.0. The summed E-state index contributed by atoms with van der Waals surface area (Å²) in [6.45, 7) is 5.04. The highest BCUT2D eigenvalue weighted by molar-refractivity contribution is 7.99. The Kier molecular flexibility index (Phi) is 7.47.